The summed E-state index contributed by atoms with van der Waals surface area (Å²) in [5.74, 6) is 0.361. The van der Waals surface area contributed by atoms with Gasteiger partial charge < -0.3 is 19.1 Å². The predicted octanol–water partition coefficient (Wildman–Crippen LogP) is 4.13. The number of carbonyl (C=O) groups is 1. The molecule has 2 aromatic rings. The van der Waals surface area contributed by atoms with Gasteiger partial charge in [0.1, 0.15) is 0 Å². The van der Waals surface area contributed by atoms with Gasteiger partial charge in [0.15, 0.2) is 11.5 Å². The first-order chi connectivity index (χ1) is 13.1. The number of benzene rings is 2. The maximum absolute atomic E-state index is 12.7. The van der Waals surface area contributed by atoms with E-state index in [9.17, 15) is 13.2 Å². The number of halogens is 1. The lowest BCUT2D eigenvalue weighted by molar-refractivity contribution is 0.193. The van der Waals surface area contributed by atoms with E-state index in [0.717, 1.165) is 6.26 Å². The van der Waals surface area contributed by atoms with E-state index in [0.29, 0.717) is 16.3 Å². The standard InChI is InChI=1S/C19H23ClN2O5S/c1-13(2)22(19(23)21-16-8-6-15(20)7-9-16)12-14-5-10-17(26-3)18(11-14)27-28(4,24)25/h5-11,13H,12H2,1-4H3,(H,21,23). The SMILES string of the molecule is COc1ccc(CN(C(=O)Nc2ccc(Cl)cc2)C(C)C)cc1OS(C)(=O)=O. The zero-order valence-corrected chi connectivity index (χ0v) is 17.7. The Hall–Kier alpha value is -2.45. The maximum Gasteiger partial charge on any atom is 0.322 e. The highest BCUT2D eigenvalue weighted by atomic mass is 35.5. The maximum atomic E-state index is 12.7. The first kappa shape index (κ1) is 21.8. The lowest BCUT2D eigenvalue weighted by Gasteiger charge is -2.27. The monoisotopic (exact) mass is 426 g/mol. The van der Waals surface area contributed by atoms with Crippen LogP contribution >= 0.6 is 11.6 Å². The zero-order valence-electron chi connectivity index (χ0n) is 16.1. The third kappa shape index (κ3) is 6.31. The second-order valence-electron chi connectivity index (χ2n) is 6.43. The van der Waals surface area contributed by atoms with Gasteiger partial charge in [0, 0.05) is 23.3 Å². The molecule has 0 aromatic heterocycles. The van der Waals surface area contributed by atoms with Gasteiger partial charge in [-0.15, -0.1) is 0 Å². The Balaban J connectivity index is 2.22. The average Bonchev–Trinajstić information content (AvgIpc) is 2.60. The molecule has 0 bridgehead atoms. The highest BCUT2D eigenvalue weighted by molar-refractivity contribution is 7.86. The minimum atomic E-state index is -3.72. The van der Waals surface area contributed by atoms with Gasteiger partial charge >= 0.3 is 16.1 Å². The smallest absolute Gasteiger partial charge is 0.322 e. The van der Waals surface area contributed by atoms with Crippen molar-refractivity contribution in [2.45, 2.75) is 26.4 Å². The summed E-state index contributed by atoms with van der Waals surface area (Å²) in [7, 11) is -2.29. The number of urea groups is 1. The number of anilines is 1. The van der Waals surface area contributed by atoms with Gasteiger partial charge in [0.2, 0.25) is 0 Å². The molecule has 152 valence electrons. The summed E-state index contributed by atoms with van der Waals surface area (Å²) >= 11 is 5.87. The van der Waals surface area contributed by atoms with Gasteiger partial charge in [-0.1, -0.05) is 17.7 Å². The second-order valence-corrected chi connectivity index (χ2v) is 8.44. The molecule has 1 N–H and O–H groups in total. The van der Waals surface area contributed by atoms with Crippen LogP contribution in [0.4, 0.5) is 10.5 Å². The highest BCUT2D eigenvalue weighted by Gasteiger charge is 2.19. The summed E-state index contributed by atoms with van der Waals surface area (Å²) in [5.41, 5.74) is 1.32. The van der Waals surface area contributed by atoms with Crippen molar-refractivity contribution in [2.75, 3.05) is 18.7 Å². The summed E-state index contributed by atoms with van der Waals surface area (Å²) in [6.45, 7) is 4.03. The molecule has 0 fully saturated rings. The lowest BCUT2D eigenvalue weighted by atomic mass is 10.1. The molecule has 0 saturated heterocycles. The van der Waals surface area contributed by atoms with Crippen LogP contribution in [0.3, 0.4) is 0 Å². The fraction of sp³-hybridized carbons (Fsp3) is 0.316. The molecule has 2 amide bonds. The molecule has 0 saturated carbocycles. The molecule has 2 rings (SSSR count). The topological polar surface area (TPSA) is 84.9 Å². The Bertz CT molecular complexity index is 930. The number of nitrogens with zero attached hydrogens (tertiary/aromatic N) is 1. The fourth-order valence-corrected chi connectivity index (χ4v) is 3.04. The van der Waals surface area contributed by atoms with Crippen LogP contribution < -0.4 is 14.2 Å². The van der Waals surface area contributed by atoms with Gasteiger partial charge in [-0.05, 0) is 55.8 Å². The fourth-order valence-electron chi connectivity index (χ4n) is 2.46. The normalized spacial score (nSPS) is 11.2. The van der Waals surface area contributed by atoms with Crippen molar-refractivity contribution in [1.82, 2.24) is 4.90 Å². The first-order valence-corrected chi connectivity index (χ1v) is 10.7. The summed E-state index contributed by atoms with van der Waals surface area (Å²) < 4.78 is 33.1. The minimum Gasteiger partial charge on any atom is -0.493 e. The number of hydrogen-bond acceptors (Lipinski definition) is 5. The molecule has 2 aromatic carbocycles. The van der Waals surface area contributed by atoms with Crippen molar-refractivity contribution in [2.24, 2.45) is 0 Å². The van der Waals surface area contributed by atoms with Crippen molar-refractivity contribution < 1.29 is 22.1 Å². The average molecular weight is 427 g/mol. The largest absolute Gasteiger partial charge is 0.493 e. The van der Waals surface area contributed by atoms with Crippen molar-refractivity contribution in [3.63, 3.8) is 0 Å². The van der Waals surface area contributed by atoms with Crippen LogP contribution in [0.2, 0.25) is 5.02 Å². The molecular formula is C19H23ClN2O5S. The molecule has 7 nitrogen and oxygen atoms in total. The van der Waals surface area contributed by atoms with Gasteiger partial charge in [-0.3, -0.25) is 0 Å². The highest BCUT2D eigenvalue weighted by Crippen LogP contribution is 2.30. The third-order valence-electron chi connectivity index (χ3n) is 3.80. The molecule has 0 spiro atoms. The Morgan fingerprint density at radius 1 is 1.14 bits per heavy atom. The Morgan fingerprint density at radius 3 is 2.32 bits per heavy atom. The number of hydrogen-bond donors (Lipinski definition) is 1. The molecule has 0 aliphatic rings. The van der Waals surface area contributed by atoms with E-state index in [1.54, 1.807) is 47.4 Å². The van der Waals surface area contributed by atoms with Gasteiger partial charge in [0.05, 0.1) is 13.4 Å². The van der Waals surface area contributed by atoms with Crippen LogP contribution in [-0.2, 0) is 16.7 Å². The first-order valence-electron chi connectivity index (χ1n) is 8.48. The molecule has 0 aliphatic heterocycles. The Morgan fingerprint density at radius 2 is 1.79 bits per heavy atom. The van der Waals surface area contributed by atoms with Crippen molar-refractivity contribution >= 4 is 33.4 Å². The van der Waals surface area contributed by atoms with Crippen LogP contribution in [0.1, 0.15) is 19.4 Å². The number of rotatable bonds is 7. The molecular weight excluding hydrogens is 404 g/mol. The molecule has 0 aliphatic carbocycles. The van der Waals surface area contributed by atoms with Crippen molar-refractivity contribution in [3.8, 4) is 11.5 Å². The zero-order chi connectivity index (χ0) is 20.9. The Kier molecular flexibility index (Phi) is 7.15. The summed E-state index contributed by atoms with van der Waals surface area (Å²) in [4.78, 5) is 14.3. The minimum absolute atomic E-state index is 0.0734. The van der Waals surface area contributed by atoms with Crippen molar-refractivity contribution in [3.05, 3.63) is 53.1 Å². The van der Waals surface area contributed by atoms with E-state index in [-0.39, 0.29) is 30.1 Å². The third-order valence-corrected chi connectivity index (χ3v) is 4.54. The second kappa shape index (κ2) is 9.16. The van der Waals surface area contributed by atoms with E-state index in [1.807, 2.05) is 13.8 Å². The van der Waals surface area contributed by atoms with Gasteiger partial charge in [-0.2, -0.15) is 8.42 Å². The molecule has 0 atom stereocenters. The molecule has 0 heterocycles. The van der Waals surface area contributed by atoms with Crippen LogP contribution in [0, 0.1) is 0 Å². The van der Waals surface area contributed by atoms with Crippen molar-refractivity contribution in [1.29, 1.82) is 0 Å². The summed E-state index contributed by atoms with van der Waals surface area (Å²) in [6, 6.07) is 11.3. The van der Waals surface area contributed by atoms with Gasteiger partial charge in [-0.25, -0.2) is 4.79 Å². The number of ether oxygens (including phenoxy) is 1. The number of nitrogens with one attached hydrogen (secondary N) is 1. The number of amides is 2. The molecule has 9 heteroatoms. The van der Waals surface area contributed by atoms with Crippen LogP contribution in [0.15, 0.2) is 42.5 Å². The Labute approximate surface area is 170 Å². The summed E-state index contributed by atoms with van der Waals surface area (Å²) in [6.07, 6.45) is 0.957. The summed E-state index contributed by atoms with van der Waals surface area (Å²) in [5, 5.41) is 3.40. The molecule has 0 radical (unpaired) electrons. The van der Waals surface area contributed by atoms with Gasteiger partial charge in [0.25, 0.3) is 0 Å². The number of methoxy groups -OCH3 is 1. The van der Waals surface area contributed by atoms with E-state index in [2.05, 4.69) is 5.32 Å². The predicted molar refractivity (Wildman–Crippen MR) is 110 cm³/mol. The van der Waals surface area contributed by atoms with E-state index in [4.69, 9.17) is 20.5 Å². The lowest BCUT2D eigenvalue weighted by Crippen LogP contribution is -2.39. The van der Waals surface area contributed by atoms with Crippen LogP contribution in [0.5, 0.6) is 11.5 Å². The van der Waals surface area contributed by atoms with E-state index < -0.39 is 10.1 Å². The van der Waals surface area contributed by atoms with Crippen LogP contribution in [0.25, 0.3) is 0 Å². The van der Waals surface area contributed by atoms with Crippen LogP contribution in [-0.4, -0.2) is 38.8 Å². The quantitative estimate of drug-likeness (QED) is 0.673. The molecule has 0 unspecified atom stereocenters. The number of carbonyl (C=O) groups excluding carboxylic acids is 1. The van der Waals surface area contributed by atoms with E-state index in [1.165, 1.54) is 7.11 Å². The van der Waals surface area contributed by atoms with E-state index >= 15 is 0 Å². The molecule has 28 heavy (non-hydrogen) atoms.